The molecule has 1 aliphatic carbocycles. The summed E-state index contributed by atoms with van der Waals surface area (Å²) in [6, 6.07) is 5.00. The highest BCUT2D eigenvalue weighted by atomic mass is 16.4. The van der Waals surface area contributed by atoms with Crippen molar-refractivity contribution < 1.29 is 9.90 Å². The summed E-state index contributed by atoms with van der Waals surface area (Å²) in [6.07, 6.45) is 2.01. The van der Waals surface area contributed by atoms with Crippen LogP contribution in [0.1, 0.15) is 36.2 Å². The largest absolute Gasteiger partial charge is 0.478 e. The molecule has 0 radical (unpaired) electrons. The number of carbonyl (C=O) groups is 1. The molecule has 0 amide bonds. The molecular formula is C13H14N2O3. The number of H-pyrrole nitrogens is 1. The minimum Gasteiger partial charge on any atom is -0.478 e. The predicted octanol–water partition coefficient (Wildman–Crippen LogP) is 2.00. The first kappa shape index (κ1) is 11.1. The average molecular weight is 246 g/mol. The summed E-state index contributed by atoms with van der Waals surface area (Å²) in [4.78, 5) is 25.5. The van der Waals surface area contributed by atoms with Crippen LogP contribution >= 0.6 is 0 Å². The van der Waals surface area contributed by atoms with Crippen LogP contribution in [-0.2, 0) is 0 Å². The summed E-state index contributed by atoms with van der Waals surface area (Å²) in [5.74, 6) is -0.326. The van der Waals surface area contributed by atoms with E-state index in [1.807, 2.05) is 0 Å². The van der Waals surface area contributed by atoms with E-state index in [2.05, 4.69) is 11.9 Å². The molecule has 1 saturated carbocycles. The van der Waals surface area contributed by atoms with E-state index in [9.17, 15) is 9.59 Å². The molecule has 1 aromatic carbocycles. The van der Waals surface area contributed by atoms with Gasteiger partial charge in [-0.3, -0.25) is 4.57 Å². The van der Waals surface area contributed by atoms with Gasteiger partial charge < -0.3 is 10.1 Å². The van der Waals surface area contributed by atoms with Gasteiger partial charge in [0.25, 0.3) is 0 Å². The fourth-order valence-electron chi connectivity index (χ4n) is 2.70. The molecular weight excluding hydrogens is 232 g/mol. The van der Waals surface area contributed by atoms with Gasteiger partial charge in [-0.05, 0) is 37.0 Å². The predicted molar refractivity (Wildman–Crippen MR) is 67.0 cm³/mol. The van der Waals surface area contributed by atoms with E-state index in [4.69, 9.17) is 5.11 Å². The number of carboxylic acid groups (broad SMARTS) is 1. The van der Waals surface area contributed by atoms with Gasteiger partial charge in [0, 0.05) is 6.04 Å². The maximum Gasteiger partial charge on any atom is 0.335 e. The lowest BCUT2D eigenvalue weighted by molar-refractivity contribution is 0.0697. The lowest BCUT2D eigenvalue weighted by Gasteiger charge is -2.33. The Morgan fingerprint density at radius 2 is 2.17 bits per heavy atom. The van der Waals surface area contributed by atoms with Crippen molar-refractivity contribution in [2.24, 2.45) is 5.92 Å². The third-order valence-electron chi connectivity index (χ3n) is 3.68. The third-order valence-corrected chi connectivity index (χ3v) is 3.68. The van der Waals surface area contributed by atoms with Crippen LogP contribution in [0.15, 0.2) is 23.0 Å². The van der Waals surface area contributed by atoms with Crippen molar-refractivity contribution in [3.05, 3.63) is 34.2 Å². The Hall–Kier alpha value is -2.04. The molecule has 0 bridgehead atoms. The molecule has 18 heavy (non-hydrogen) atoms. The van der Waals surface area contributed by atoms with Gasteiger partial charge in [0.15, 0.2) is 0 Å². The zero-order chi connectivity index (χ0) is 12.9. The van der Waals surface area contributed by atoms with E-state index < -0.39 is 5.97 Å². The van der Waals surface area contributed by atoms with Crippen molar-refractivity contribution in [2.75, 3.05) is 0 Å². The van der Waals surface area contributed by atoms with Gasteiger partial charge in [-0.25, -0.2) is 9.59 Å². The Labute approximate surface area is 103 Å². The van der Waals surface area contributed by atoms with Gasteiger partial charge in [-0.2, -0.15) is 0 Å². The van der Waals surface area contributed by atoms with Gasteiger partial charge in [0.2, 0.25) is 0 Å². The van der Waals surface area contributed by atoms with Crippen LogP contribution < -0.4 is 5.69 Å². The quantitative estimate of drug-likeness (QED) is 0.851. The number of fused-ring (bicyclic) bond motifs is 1. The highest BCUT2D eigenvalue weighted by molar-refractivity contribution is 5.92. The molecule has 0 atom stereocenters. The zero-order valence-electron chi connectivity index (χ0n) is 10.0. The second kappa shape index (κ2) is 3.73. The minimum atomic E-state index is -0.984. The van der Waals surface area contributed by atoms with Crippen LogP contribution in [0, 0.1) is 5.92 Å². The standard InChI is InChI=1S/C13H14N2O3/c1-7-4-9(5-7)15-11-3-2-8(12(16)17)6-10(11)14-13(15)18/h2-3,6-7,9H,4-5H2,1H3,(H,14,18)(H,16,17). The van der Waals surface area contributed by atoms with Crippen LogP contribution in [0.5, 0.6) is 0 Å². The number of aromatic carboxylic acids is 1. The summed E-state index contributed by atoms with van der Waals surface area (Å²) in [5, 5.41) is 8.92. The zero-order valence-corrected chi connectivity index (χ0v) is 10.0. The minimum absolute atomic E-state index is 0.149. The van der Waals surface area contributed by atoms with Crippen LogP contribution in [-0.4, -0.2) is 20.6 Å². The van der Waals surface area contributed by atoms with Gasteiger partial charge >= 0.3 is 11.7 Å². The molecule has 0 spiro atoms. The van der Waals surface area contributed by atoms with Crippen molar-refractivity contribution in [1.29, 1.82) is 0 Å². The SMILES string of the molecule is CC1CC(n2c(=O)[nH]c3cc(C(=O)O)ccc32)C1. The molecule has 5 nitrogen and oxygen atoms in total. The van der Waals surface area contributed by atoms with Gasteiger partial charge in [-0.15, -0.1) is 0 Å². The summed E-state index contributed by atoms with van der Waals surface area (Å²) in [7, 11) is 0. The number of aromatic amines is 1. The summed E-state index contributed by atoms with van der Waals surface area (Å²) in [6.45, 7) is 2.17. The molecule has 0 aliphatic heterocycles. The van der Waals surface area contributed by atoms with Crippen LogP contribution in [0.3, 0.4) is 0 Å². The number of nitrogens with one attached hydrogen (secondary N) is 1. The summed E-state index contributed by atoms with van der Waals surface area (Å²) < 4.78 is 1.75. The molecule has 2 N–H and O–H groups in total. The van der Waals surface area contributed by atoms with E-state index in [1.54, 1.807) is 10.6 Å². The number of benzene rings is 1. The molecule has 94 valence electrons. The van der Waals surface area contributed by atoms with Crippen LogP contribution in [0.4, 0.5) is 0 Å². The monoisotopic (exact) mass is 246 g/mol. The molecule has 0 unspecified atom stereocenters. The highest BCUT2D eigenvalue weighted by Gasteiger charge is 2.29. The Kier molecular flexibility index (Phi) is 2.29. The normalized spacial score (nSPS) is 22.9. The van der Waals surface area contributed by atoms with Gasteiger partial charge in [0.1, 0.15) is 0 Å². The van der Waals surface area contributed by atoms with E-state index in [1.165, 1.54) is 12.1 Å². The van der Waals surface area contributed by atoms with Crippen LogP contribution in [0.2, 0.25) is 0 Å². The van der Waals surface area contributed by atoms with E-state index in [0.29, 0.717) is 11.4 Å². The average Bonchev–Trinajstić information content (AvgIpc) is 2.59. The Morgan fingerprint density at radius 3 is 2.78 bits per heavy atom. The number of hydrogen-bond acceptors (Lipinski definition) is 2. The Balaban J connectivity index is 2.13. The molecule has 5 heteroatoms. The first-order valence-electron chi connectivity index (χ1n) is 6.04. The fraction of sp³-hybridized carbons (Fsp3) is 0.385. The van der Waals surface area contributed by atoms with Gasteiger partial charge in [0.05, 0.1) is 16.6 Å². The number of hydrogen-bond donors (Lipinski definition) is 2. The molecule has 3 rings (SSSR count). The molecule has 1 aromatic heterocycles. The van der Waals surface area contributed by atoms with E-state index in [0.717, 1.165) is 18.4 Å². The molecule has 1 heterocycles. The number of rotatable bonds is 2. The Morgan fingerprint density at radius 1 is 1.44 bits per heavy atom. The second-order valence-corrected chi connectivity index (χ2v) is 5.07. The Bertz CT molecular complexity index is 677. The van der Waals surface area contributed by atoms with Crippen molar-refractivity contribution in [2.45, 2.75) is 25.8 Å². The summed E-state index contributed by atoms with van der Waals surface area (Å²) in [5.41, 5.74) is 1.43. The van der Waals surface area contributed by atoms with Crippen molar-refractivity contribution in [1.82, 2.24) is 9.55 Å². The lowest BCUT2D eigenvalue weighted by atomic mass is 9.81. The van der Waals surface area contributed by atoms with Crippen molar-refractivity contribution in [3.8, 4) is 0 Å². The smallest absolute Gasteiger partial charge is 0.335 e. The molecule has 2 aromatic rings. The number of carboxylic acids is 1. The van der Waals surface area contributed by atoms with E-state index in [-0.39, 0.29) is 17.3 Å². The van der Waals surface area contributed by atoms with Crippen molar-refractivity contribution in [3.63, 3.8) is 0 Å². The third kappa shape index (κ3) is 1.54. The summed E-state index contributed by atoms with van der Waals surface area (Å²) >= 11 is 0. The highest BCUT2D eigenvalue weighted by Crippen LogP contribution is 2.37. The first-order chi connectivity index (χ1) is 8.56. The maximum absolute atomic E-state index is 11.9. The van der Waals surface area contributed by atoms with Crippen LogP contribution in [0.25, 0.3) is 11.0 Å². The molecule has 0 saturated heterocycles. The number of nitrogens with zero attached hydrogens (tertiary/aromatic N) is 1. The topological polar surface area (TPSA) is 75.1 Å². The van der Waals surface area contributed by atoms with Crippen molar-refractivity contribution >= 4 is 17.0 Å². The fourth-order valence-corrected chi connectivity index (χ4v) is 2.70. The lowest BCUT2D eigenvalue weighted by Crippen LogP contribution is -2.31. The molecule has 1 fully saturated rings. The van der Waals surface area contributed by atoms with E-state index >= 15 is 0 Å². The first-order valence-corrected chi connectivity index (χ1v) is 6.04. The number of imidazole rings is 1. The second-order valence-electron chi connectivity index (χ2n) is 5.07. The maximum atomic E-state index is 11.9. The molecule has 1 aliphatic rings. The van der Waals surface area contributed by atoms with Gasteiger partial charge in [-0.1, -0.05) is 6.92 Å². The number of aromatic nitrogens is 2.